The molecule has 0 aliphatic carbocycles. The Hall–Kier alpha value is -1.75. The van der Waals surface area contributed by atoms with Crippen LogP contribution in [0.25, 0.3) is 5.69 Å². The third-order valence-corrected chi connectivity index (χ3v) is 4.12. The van der Waals surface area contributed by atoms with Gasteiger partial charge in [0.1, 0.15) is 0 Å². The van der Waals surface area contributed by atoms with E-state index >= 15 is 0 Å². The number of thioether (sulfide) groups is 1. The Labute approximate surface area is 130 Å². The number of imidazole rings is 1. The van der Waals surface area contributed by atoms with Crippen molar-refractivity contribution in [1.82, 2.24) is 14.9 Å². The summed E-state index contributed by atoms with van der Waals surface area (Å²) in [6, 6.07) is 8.46. The van der Waals surface area contributed by atoms with Crippen LogP contribution >= 0.6 is 11.8 Å². The van der Waals surface area contributed by atoms with Gasteiger partial charge in [0.15, 0.2) is 5.16 Å². The standard InChI is InChI=1S/C16H21N3OS/c1-4-17-15(20)11-21-16-18-9-10-19(16)14-7-5-13(6-8-14)12(2)3/h5-10,12H,4,11H2,1-3H3,(H,17,20). The van der Waals surface area contributed by atoms with Crippen LogP contribution in [0, 0.1) is 0 Å². The molecule has 112 valence electrons. The van der Waals surface area contributed by atoms with Crippen molar-refractivity contribution in [1.29, 1.82) is 0 Å². The maximum absolute atomic E-state index is 11.5. The molecule has 1 aromatic carbocycles. The lowest BCUT2D eigenvalue weighted by Crippen LogP contribution is -2.24. The minimum absolute atomic E-state index is 0.0344. The van der Waals surface area contributed by atoms with E-state index in [2.05, 4.69) is 48.4 Å². The van der Waals surface area contributed by atoms with E-state index in [4.69, 9.17) is 0 Å². The van der Waals surface area contributed by atoms with E-state index in [1.165, 1.54) is 17.3 Å². The lowest BCUT2D eigenvalue weighted by molar-refractivity contribution is -0.118. The smallest absolute Gasteiger partial charge is 0.230 e. The van der Waals surface area contributed by atoms with Crippen molar-refractivity contribution in [2.45, 2.75) is 31.8 Å². The highest BCUT2D eigenvalue weighted by Crippen LogP contribution is 2.22. The molecule has 1 N–H and O–H groups in total. The lowest BCUT2D eigenvalue weighted by atomic mass is 10.0. The number of amides is 1. The van der Waals surface area contributed by atoms with Crippen LogP contribution in [-0.2, 0) is 4.79 Å². The summed E-state index contributed by atoms with van der Waals surface area (Å²) in [6.07, 6.45) is 3.68. The van der Waals surface area contributed by atoms with Crippen molar-refractivity contribution >= 4 is 17.7 Å². The first-order valence-corrected chi connectivity index (χ1v) is 8.13. The topological polar surface area (TPSA) is 46.9 Å². The molecule has 4 nitrogen and oxygen atoms in total. The van der Waals surface area contributed by atoms with Crippen molar-refractivity contribution < 1.29 is 4.79 Å². The number of hydrogen-bond acceptors (Lipinski definition) is 3. The molecular weight excluding hydrogens is 282 g/mol. The summed E-state index contributed by atoms with van der Waals surface area (Å²) in [5, 5.41) is 3.62. The lowest BCUT2D eigenvalue weighted by Gasteiger charge is -2.10. The van der Waals surface area contributed by atoms with Crippen molar-refractivity contribution in [3.8, 4) is 5.69 Å². The van der Waals surface area contributed by atoms with E-state index in [0.29, 0.717) is 18.2 Å². The maximum atomic E-state index is 11.5. The minimum Gasteiger partial charge on any atom is -0.356 e. The van der Waals surface area contributed by atoms with Crippen LogP contribution in [0.3, 0.4) is 0 Å². The van der Waals surface area contributed by atoms with Crippen molar-refractivity contribution in [3.63, 3.8) is 0 Å². The molecule has 1 heterocycles. The third kappa shape index (κ3) is 4.11. The molecule has 2 rings (SSSR count). The first kappa shape index (κ1) is 15.6. The van der Waals surface area contributed by atoms with Crippen LogP contribution < -0.4 is 5.32 Å². The van der Waals surface area contributed by atoms with Crippen molar-refractivity contribution in [2.24, 2.45) is 0 Å². The molecule has 0 aliphatic rings. The average Bonchev–Trinajstić information content (AvgIpc) is 2.94. The van der Waals surface area contributed by atoms with E-state index in [-0.39, 0.29) is 5.91 Å². The van der Waals surface area contributed by atoms with Gasteiger partial charge in [-0.2, -0.15) is 0 Å². The average molecular weight is 303 g/mol. The summed E-state index contributed by atoms with van der Waals surface area (Å²) >= 11 is 1.45. The van der Waals surface area contributed by atoms with Gasteiger partial charge < -0.3 is 5.32 Å². The van der Waals surface area contributed by atoms with Gasteiger partial charge in [0.2, 0.25) is 5.91 Å². The zero-order valence-corrected chi connectivity index (χ0v) is 13.5. The number of carbonyl (C=O) groups is 1. The van der Waals surface area contributed by atoms with Gasteiger partial charge in [-0.15, -0.1) is 0 Å². The van der Waals surface area contributed by atoms with E-state index < -0.39 is 0 Å². The fourth-order valence-corrected chi connectivity index (χ4v) is 2.79. The van der Waals surface area contributed by atoms with Gasteiger partial charge in [-0.1, -0.05) is 37.7 Å². The molecule has 0 saturated carbocycles. The van der Waals surface area contributed by atoms with Gasteiger partial charge in [0.05, 0.1) is 5.75 Å². The van der Waals surface area contributed by atoms with E-state index in [1.54, 1.807) is 6.20 Å². The Balaban J connectivity index is 2.10. The Morgan fingerprint density at radius 3 is 2.67 bits per heavy atom. The van der Waals surface area contributed by atoms with Gasteiger partial charge in [-0.25, -0.2) is 4.98 Å². The molecule has 0 saturated heterocycles. The highest BCUT2D eigenvalue weighted by Gasteiger charge is 2.09. The number of hydrogen-bond donors (Lipinski definition) is 1. The third-order valence-electron chi connectivity index (χ3n) is 3.15. The fourth-order valence-electron chi connectivity index (χ4n) is 1.99. The normalized spacial score (nSPS) is 10.9. The molecule has 0 atom stereocenters. The predicted molar refractivity (Wildman–Crippen MR) is 87.1 cm³/mol. The molecule has 2 aromatic rings. The zero-order chi connectivity index (χ0) is 15.2. The summed E-state index contributed by atoms with van der Waals surface area (Å²) in [4.78, 5) is 15.9. The Bertz CT molecular complexity index is 590. The summed E-state index contributed by atoms with van der Waals surface area (Å²) in [6.45, 7) is 6.93. The molecule has 0 radical (unpaired) electrons. The molecule has 5 heteroatoms. The van der Waals surface area contributed by atoms with Gasteiger partial charge in [0, 0.05) is 24.6 Å². The molecule has 1 amide bonds. The number of nitrogens with one attached hydrogen (secondary N) is 1. The first-order valence-electron chi connectivity index (χ1n) is 7.15. The molecule has 21 heavy (non-hydrogen) atoms. The monoisotopic (exact) mass is 303 g/mol. The summed E-state index contributed by atoms with van der Waals surface area (Å²) in [5.41, 5.74) is 2.38. The van der Waals surface area contributed by atoms with Crippen LogP contribution in [0.2, 0.25) is 0 Å². The summed E-state index contributed by atoms with van der Waals surface area (Å²) in [5.74, 6) is 0.940. The van der Waals surface area contributed by atoms with Crippen LogP contribution in [0.4, 0.5) is 0 Å². The summed E-state index contributed by atoms with van der Waals surface area (Å²) in [7, 11) is 0. The van der Waals surface area contributed by atoms with Gasteiger partial charge in [0.25, 0.3) is 0 Å². The van der Waals surface area contributed by atoms with E-state index in [9.17, 15) is 4.79 Å². The number of aromatic nitrogens is 2. The quantitative estimate of drug-likeness (QED) is 0.834. The van der Waals surface area contributed by atoms with Crippen LogP contribution in [0.5, 0.6) is 0 Å². The molecule has 0 spiro atoms. The van der Waals surface area contributed by atoms with Gasteiger partial charge in [-0.3, -0.25) is 9.36 Å². The molecular formula is C16H21N3OS. The van der Waals surface area contributed by atoms with Crippen LogP contribution in [0.15, 0.2) is 41.8 Å². The maximum Gasteiger partial charge on any atom is 0.230 e. The number of nitrogens with zero attached hydrogens (tertiary/aromatic N) is 2. The Morgan fingerprint density at radius 1 is 1.33 bits per heavy atom. The Morgan fingerprint density at radius 2 is 2.05 bits per heavy atom. The zero-order valence-electron chi connectivity index (χ0n) is 12.7. The van der Waals surface area contributed by atoms with Crippen molar-refractivity contribution in [3.05, 3.63) is 42.2 Å². The number of benzene rings is 1. The second-order valence-corrected chi connectivity index (χ2v) is 6.01. The molecule has 0 aliphatic heterocycles. The SMILES string of the molecule is CCNC(=O)CSc1nccn1-c1ccc(C(C)C)cc1. The summed E-state index contributed by atoms with van der Waals surface area (Å²) < 4.78 is 2.01. The fraction of sp³-hybridized carbons (Fsp3) is 0.375. The second-order valence-electron chi connectivity index (χ2n) is 5.07. The van der Waals surface area contributed by atoms with Gasteiger partial charge in [-0.05, 0) is 30.5 Å². The number of rotatable bonds is 6. The molecule has 1 aromatic heterocycles. The molecule has 0 bridgehead atoms. The van der Waals surface area contributed by atoms with Crippen LogP contribution in [-0.4, -0.2) is 27.8 Å². The highest BCUT2D eigenvalue weighted by atomic mass is 32.2. The first-order chi connectivity index (χ1) is 10.1. The highest BCUT2D eigenvalue weighted by molar-refractivity contribution is 7.99. The van der Waals surface area contributed by atoms with Crippen molar-refractivity contribution in [2.75, 3.05) is 12.3 Å². The van der Waals surface area contributed by atoms with Gasteiger partial charge >= 0.3 is 0 Å². The predicted octanol–water partition coefficient (Wildman–Crippen LogP) is 3.22. The minimum atomic E-state index is 0.0344. The van der Waals surface area contributed by atoms with E-state index in [1.807, 2.05) is 17.7 Å². The number of carbonyl (C=O) groups excluding carboxylic acids is 1. The molecule has 0 fully saturated rings. The second kappa shape index (κ2) is 7.31. The van der Waals surface area contributed by atoms with E-state index in [0.717, 1.165) is 10.8 Å². The molecule has 0 unspecified atom stereocenters. The van der Waals surface area contributed by atoms with Crippen LogP contribution in [0.1, 0.15) is 32.3 Å². The Kier molecular flexibility index (Phi) is 5.44. The largest absolute Gasteiger partial charge is 0.356 e.